The van der Waals surface area contributed by atoms with Crippen molar-refractivity contribution < 1.29 is 18.3 Å². The molecule has 8 heteroatoms. The molecule has 5 nitrogen and oxygen atoms in total. The molecule has 0 radical (unpaired) electrons. The third kappa shape index (κ3) is 3.69. The molecule has 0 heterocycles. The topological polar surface area (TPSA) is 83.5 Å². The third-order valence-corrected chi connectivity index (χ3v) is 6.16. The summed E-state index contributed by atoms with van der Waals surface area (Å²) in [6, 6.07) is 4.36. The van der Waals surface area contributed by atoms with Gasteiger partial charge in [-0.2, -0.15) is 0 Å². The maximum Gasteiger partial charge on any atom is 0.303 e. The van der Waals surface area contributed by atoms with E-state index in [1.54, 1.807) is 0 Å². The van der Waals surface area contributed by atoms with E-state index in [1.807, 2.05) is 0 Å². The Labute approximate surface area is 133 Å². The van der Waals surface area contributed by atoms with Gasteiger partial charge in [0.25, 0.3) is 0 Å². The first-order chi connectivity index (χ1) is 9.76. The third-order valence-electron chi connectivity index (χ3n) is 3.78. The van der Waals surface area contributed by atoms with Crippen LogP contribution in [0, 0.1) is 5.41 Å². The summed E-state index contributed by atoms with van der Waals surface area (Å²) in [5, 5.41) is 9.05. The van der Waals surface area contributed by atoms with Gasteiger partial charge in [0.15, 0.2) is 0 Å². The molecule has 0 spiro atoms. The maximum absolute atomic E-state index is 12.3. The zero-order chi connectivity index (χ0) is 15.7. The van der Waals surface area contributed by atoms with Crippen LogP contribution in [-0.2, 0) is 14.8 Å². The lowest BCUT2D eigenvalue weighted by molar-refractivity contribution is -0.141. The van der Waals surface area contributed by atoms with E-state index in [4.69, 9.17) is 28.3 Å². The van der Waals surface area contributed by atoms with Gasteiger partial charge in [-0.15, -0.1) is 0 Å². The number of carboxylic acid groups (broad SMARTS) is 1. The van der Waals surface area contributed by atoms with E-state index < -0.39 is 21.4 Å². The molecule has 1 aromatic carbocycles. The van der Waals surface area contributed by atoms with Crippen LogP contribution in [0.1, 0.15) is 25.7 Å². The molecule has 1 aliphatic rings. The number of rotatable bonds is 6. The summed E-state index contributed by atoms with van der Waals surface area (Å²) in [5.41, 5.74) is -0.496. The molecule has 0 aromatic heterocycles. The number of benzene rings is 1. The van der Waals surface area contributed by atoms with Crippen LogP contribution in [-0.4, -0.2) is 26.0 Å². The zero-order valence-electron chi connectivity index (χ0n) is 11.1. The van der Waals surface area contributed by atoms with E-state index in [0.717, 1.165) is 6.42 Å². The van der Waals surface area contributed by atoms with Crippen molar-refractivity contribution >= 4 is 39.2 Å². The van der Waals surface area contributed by atoms with Crippen LogP contribution in [0.25, 0.3) is 0 Å². The molecule has 0 unspecified atom stereocenters. The highest BCUT2D eigenvalue weighted by Crippen LogP contribution is 2.43. The summed E-state index contributed by atoms with van der Waals surface area (Å²) in [4.78, 5) is 10.8. The predicted octanol–water partition coefficient (Wildman–Crippen LogP) is 2.92. The van der Waals surface area contributed by atoms with Gasteiger partial charge in [-0.3, -0.25) is 4.79 Å². The Balaban J connectivity index is 2.15. The minimum Gasteiger partial charge on any atom is -0.481 e. The highest BCUT2D eigenvalue weighted by Gasteiger charge is 2.40. The standard InChI is InChI=1S/C13H15Cl2NO4S/c14-9-3-1-4-10(12(9)15)21(19,20)16-8-13(5-2-6-13)7-11(17)18/h1,3-4,16H,2,5-8H2,(H,17,18). The maximum atomic E-state index is 12.3. The number of nitrogens with one attached hydrogen (secondary N) is 1. The molecule has 21 heavy (non-hydrogen) atoms. The fourth-order valence-electron chi connectivity index (χ4n) is 2.43. The van der Waals surface area contributed by atoms with Crippen molar-refractivity contribution in [3.05, 3.63) is 28.2 Å². The lowest BCUT2D eigenvalue weighted by atomic mass is 9.67. The Bertz CT molecular complexity index is 656. The molecule has 0 aliphatic heterocycles. The Hall–Kier alpha value is -0.820. The average molecular weight is 352 g/mol. The molecular weight excluding hydrogens is 337 g/mol. The van der Waals surface area contributed by atoms with Crippen LogP contribution in [0.5, 0.6) is 0 Å². The minimum absolute atomic E-state index is 0.0347. The van der Waals surface area contributed by atoms with Crippen molar-refractivity contribution in [2.45, 2.75) is 30.6 Å². The van der Waals surface area contributed by atoms with Crippen LogP contribution in [0.2, 0.25) is 10.0 Å². The first kappa shape index (κ1) is 16.5. The lowest BCUT2D eigenvalue weighted by Crippen LogP contribution is -2.43. The van der Waals surface area contributed by atoms with Crippen LogP contribution < -0.4 is 4.72 Å². The van der Waals surface area contributed by atoms with Crippen LogP contribution >= 0.6 is 23.2 Å². The normalized spacial score (nSPS) is 17.2. The summed E-state index contributed by atoms with van der Waals surface area (Å²) in [7, 11) is -3.82. The molecule has 0 saturated heterocycles. The summed E-state index contributed by atoms with van der Waals surface area (Å²) >= 11 is 11.7. The fourth-order valence-corrected chi connectivity index (χ4v) is 4.35. The molecule has 0 atom stereocenters. The summed E-state index contributed by atoms with van der Waals surface area (Å²) in [6.45, 7) is 0.0878. The van der Waals surface area contributed by atoms with Crippen LogP contribution in [0.15, 0.2) is 23.1 Å². The Morgan fingerprint density at radius 3 is 2.52 bits per heavy atom. The van der Waals surface area contributed by atoms with Gasteiger partial charge in [-0.05, 0) is 30.4 Å². The van der Waals surface area contributed by atoms with Gasteiger partial charge in [0, 0.05) is 6.54 Å². The van der Waals surface area contributed by atoms with E-state index in [1.165, 1.54) is 18.2 Å². The molecule has 1 aromatic rings. The summed E-state index contributed by atoms with van der Waals surface area (Å²) in [6.07, 6.45) is 2.27. The highest BCUT2D eigenvalue weighted by molar-refractivity contribution is 7.89. The van der Waals surface area contributed by atoms with Crippen molar-refractivity contribution in [2.75, 3.05) is 6.54 Å². The quantitative estimate of drug-likeness (QED) is 0.825. The molecule has 0 bridgehead atoms. The number of hydrogen-bond donors (Lipinski definition) is 2. The SMILES string of the molecule is O=C(O)CC1(CNS(=O)(=O)c2cccc(Cl)c2Cl)CCC1. The molecule has 2 rings (SSSR count). The van der Waals surface area contributed by atoms with Gasteiger partial charge in [-0.25, -0.2) is 13.1 Å². The number of sulfonamides is 1. The number of carbonyl (C=O) groups is 1. The molecule has 1 saturated carbocycles. The highest BCUT2D eigenvalue weighted by atomic mass is 35.5. The van der Waals surface area contributed by atoms with E-state index in [2.05, 4.69) is 4.72 Å². The van der Waals surface area contributed by atoms with E-state index in [-0.39, 0.29) is 27.9 Å². The molecule has 1 fully saturated rings. The average Bonchev–Trinajstić information content (AvgIpc) is 2.35. The smallest absolute Gasteiger partial charge is 0.303 e. The second kappa shape index (κ2) is 6.12. The molecular formula is C13H15Cl2NO4S. The van der Waals surface area contributed by atoms with Gasteiger partial charge in [0.05, 0.1) is 16.5 Å². The monoisotopic (exact) mass is 351 g/mol. The lowest BCUT2D eigenvalue weighted by Gasteiger charge is -2.40. The molecule has 1 aliphatic carbocycles. The molecule has 0 amide bonds. The van der Waals surface area contributed by atoms with Gasteiger partial charge < -0.3 is 5.11 Å². The summed E-state index contributed by atoms with van der Waals surface area (Å²) in [5.74, 6) is -0.922. The first-order valence-corrected chi connectivity index (χ1v) is 8.65. The fraction of sp³-hybridized carbons (Fsp3) is 0.462. The van der Waals surface area contributed by atoms with Gasteiger partial charge in [0.2, 0.25) is 10.0 Å². The zero-order valence-corrected chi connectivity index (χ0v) is 13.4. The first-order valence-electron chi connectivity index (χ1n) is 6.41. The number of hydrogen-bond acceptors (Lipinski definition) is 3. The largest absolute Gasteiger partial charge is 0.481 e. The van der Waals surface area contributed by atoms with E-state index in [0.29, 0.717) is 12.8 Å². The minimum atomic E-state index is -3.82. The van der Waals surface area contributed by atoms with Crippen molar-refractivity contribution in [2.24, 2.45) is 5.41 Å². The van der Waals surface area contributed by atoms with Crippen molar-refractivity contribution in [3.8, 4) is 0 Å². The van der Waals surface area contributed by atoms with E-state index in [9.17, 15) is 13.2 Å². The molecule has 2 N–H and O–H groups in total. The van der Waals surface area contributed by atoms with Crippen molar-refractivity contribution in [1.29, 1.82) is 0 Å². The second-order valence-electron chi connectivity index (χ2n) is 5.30. The van der Waals surface area contributed by atoms with Crippen molar-refractivity contribution in [1.82, 2.24) is 4.72 Å². The van der Waals surface area contributed by atoms with Crippen molar-refractivity contribution in [3.63, 3.8) is 0 Å². The van der Waals surface area contributed by atoms with E-state index >= 15 is 0 Å². The summed E-state index contributed by atoms with van der Waals surface area (Å²) < 4.78 is 27.0. The van der Waals surface area contributed by atoms with Crippen LogP contribution in [0.4, 0.5) is 0 Å². The second-order valence-corrected chi connectivity index (χ2v) is 7.82. The Morgan fingerprint density at radius 2 is 2.00 bits per heavy atom. The molecule has 116 valence electrons. The number of halogens is 2. The Kier molecular flexibility index (Phi) is 4.82. The Morgan fingerprint density at radius 1 is 1.33 bits per heavy atom. The van der Waals surface area contributed by atoms with Gasteiger partial charge >= 0.3 is 5.97 Å². The predicted molar refractivity (Wildman–Crippen MR) is 80.2 cm³/mol. The van der Waals surface area contributed by atoms with Gasteiger partial charge in [-0.1, -0.05) is 35.7 Å². The van der Waals surface area contributed by atoms with Crippen LogP contribution in [0.3, 0.4) is 0 Å². The van der Waals surface area contributed by atoms with Gasteiger partial charge in [0.1, 0.15) is 4.90 Å². The number of aliphatic carboxylic acids is 1. The number of carboxylic acids is 1.